The van der Waals surface area contributed by atoms with Gasteiger partial charge in [0.1, 0.15) is 0 Å². The summed E-state index contributed by atoms with van der Waals surface area (Å²) in [5, 5.41) is 16.3. The molecule has 2 heterocycles. The molecule has 1 aliphatic heterocycles. The Bertz CT molecular complexity index is 844. The standard InChI is InChI=1S/C17H18ClN5O2/c18-13-4-3-10(7-11(13)16(24)20-9-1-2-9)21-17(25)15-12-8-19-6-5-14(12)22-23-15/h3-4,7,9,19H,1-2,5-6,8H2,(H,20,24)(H,21,25)(H,22,23). The minimum absolute atomic E-state index is 0.218. The fourth-order valence-electron chi connectivity index (χ4n) is 2.87. The zero-order valence-corrected chi connectivity index (χ0v) is 14.2. The van der Waals surface area contributed by atoms with Crippen LogP contribution in [0.2, 0.25) is 5.02 Å². The van der Waals surface area contributed by atoms with E-state index < -0.39 is 0 Å². The van der Waals surface area contributed by atoms with Crippen molar-refractivity contribution in [2.75, 3.05) is 11.9 Å². The molecule has 4 rings (SSSR count). The molecule has 2 aliphatic rings. The van der Waals surface area contributed by atoms with Crippen LogP contribution in [0.1, 0.15) is 44.9 Å². The van der Waals surface area contributed by atoms with Gasteiger partial charge in [0.25, 0.3) is 11.8 Å². The Hall–Kier alpha value is -2.38. The second-order valence-electron chi connectivity index (χ2n) is 6.35. The van der Waals surface area contributed by atoms with Crippen molar-refractivity contribution >= 4 is 29.1 Å². The van der Waals surface area contributed by atoms with Crippen LogP contribution in [0, 0.1) is 0 Å². The average Bonchev–Trinajstić information content (AvgIpc) is 3.31. The van der Waals surface area contributed by atoms with E-state index >= 15 is 0 Å². The number of anilines is 1. The normalized spacial score (nSPS) is 16.2. The van der Waals surface area contributed by atoms with Crippen LogP contribution in [0.5, 0.6) is 0 Å². The van der Waals surface area contributed by atoms with Crippen molar-refractivity contribution in [3.8, 4) is 0 Å². The minimum atomic E-state index is -0.308. The van der Waals surface area contributed by atoms with E-state index in [-0.39, 0.29) is 17.9 Å². The number of fused-ring (bicyclic) bond motifs is 1. The zero-order chi connectivity index (χ0) is 17.4. The molecule has 25 heavy (non-hydrogen) atoms. The highest BCUT2D eigenvalue weighted by atomic mass is 35.5. The Morgan fingerprint density at radius 3 is 2.88 bits per heavy atom. The maximum absolute atomic E-state index is 12.5. The predicted molar refractivity (Wildman–Crippen MR) is 93.9 cm³/mol. The summed E-state index contributed by atoms with van der Waals surface area (Å²) in [7, 11) is 0. The predicted octanol–water partition coefficient (Wildman–Crippen LogP) is 1.85. The SMILES string of the molecule is O=C(NC1CC1)c1cc(NC(=O)c2n[nH]c3c2CNCC3)ccc1Cl. The summed E-state index contributed by atoms with van der Waals surface area (Å²) in [5.74, 6) is -0.526. The fourth-order valence-corrected chi connectivity index (χ4v) is 3.07. The smallest absolute Gasteiger partial charge is 0.276 e. The molecule has 1 fully saturated rings. The van der Waals surface area contributed by atoms with Crippen molar-refractivity contribution in [2.45, 2.75) is 31.8 Å². The van der Waals surface area contributed by atoms with E-state index in [0.29, 0.717) is 28.5 Å². The molecular weight excluding hydrogens is 342 g/mol. The number of carbonyl (C=O) groups excluding carboxylic acids is 2. The number of nitrogens with zero attached hydrogens (tertiary/aromatic N) is 1. The molecule has 1 aromatic heterocycles. The Morgan fingerprint density at radius 1 is 1.24 bits per heavy atom. The van der Waals surface area contributed by atoms with Crippen molar-refractivity contribution in [3.05, 3.63) is 45.7 Å². The third kappa shape index (κ3) is 3.38. The summed E-state index contributed by atoms with van der Waals surface area (Å²) in [5.41, 5.74) is 3.13. The van der Waals surface area contributed by atoms with Gasteiger partial charge in [-0.2, -0.15) is 5.10 Å². The van der Waals surface area contributed by atoms with Crippen molar-refractivity contribution in [3.63, 3.8) is 0 Å². The molecule has 0 unspecified atom stereocenters. The van der Waals surface area contributed by atoms with Crippen LogP contribution < -0.4 is 16.0 Å². The summed E-state index contributed by atoms with van der Waals surface area (Å²) in [6.45, 7) is 1.48. The van der Waals surface area contributed by atoms with Gasteiger partial charge in [0.15, 0.2) is 5.69 Å². The van der Waals surface area contributed by atoms with Crippen molar-refractivity contribution in [1.82, 2.24) is 20.8 Å². The number of carbonyl (C=O) groups is 2. The van der Waals surface area contributed by atoms with Crippen molar-refractivity contribution in [1.29, 1.82) is 0 Å². The van der Waals surface area contributed by atoms with E-state index in [1.54, 1.807) is 18.2 Å². The number of rotatable bonds is 4. The van der Waals surface area contributed by atoms with Gasteiger partial charge in [-0.05, 0) is 31.0 Å². The lowest BCUT2D eigenvalue weighted by Gasteiger charge is -2.13. The Balaban J connectivity index is 1.53. The van der Waals surface area contributed by atoms with Crippen LogP contribution in [0.25, 0.3) is 0 Å². The lowest BCUT2D eigenvalue weighted by Crippen LogP contribution is -2.26. The minimum Gasteiger partial charge on any atom is -0.349 e. The maximum atomic E-state index is 12.5. The average molecular weight is 360 g/mol. The third-order valence-electron chi connectivity index (χ3n) is 4.40. The van der Waals surface area contributed by atoms with E-state index in [2.05, 4.69) is 26.1 Å². The molecule has 0 atom stereocenters. The van der Waals surface area contributed by atoms with Gasteiger partial charge in [0.05, 0.1) is 10.6 Å². The van der Waals surface area contributed by atoms with Gasteiger partial charge in [0, 0.05) is 42.5 Å². The first-order valence-corrected chi connectivity index (χ1v) is 8.68. The van der Waals surface area contributed by atoms with Gasteiger partial charge < -0.3 is 16.0 Å². The number of aromatic amines is 1. The summed E-state index contributed by atoms with van der Waals surface area (Å²) in [6, 6.07) is 5.12. The van der Waals surface area contributed by atoms with Gasteiger partial charge in [-0.1, -0.05) is 11.6 Å². The molecule has 4 N–H and O–H groups in total. The Kier molecular flexibility index (Phi) is 4.19. The van der Waals surface area contributed by atoms with E-state index in [4.69, 9.17) is 11.6 Å². The first kappa shape index (κ1) is 16.1. The first-order chi connectivity index (χ1) is 12.1. The summed E-state index contributed by atoms with van der Waals surface area (Å²) in [4.78, 5) is 24.8. The Labute approximate surface area is 149 Å². The molecule has 7 nitrogen and oxygen atoms in total. The quantitative estimate of drug-likeness (QED) is 0.669. The number of amides is 2. The largest absolute Gasteiger partial charge is 0.349 e. The van der Waals surface area contributed by atoms with Gasteiger partial charge in [-0.25, -0.2) is 0 Å². The first-order valence-electron chi connectivity index (χ1n) is 8.30. The van der Waals surface area contributed by atoms with Crippen LogP contribution in [0.15, 0.2) is 18.2 Å². The van der Waals surface area contributed by atoms with E-state index in [9.17, 15) is 9.59 Å². The molecule has 2 amide bonds. The third-order valence-corrected chi connectivity index (χ3v) is 4.73. The number of hydrogen-bond donors (Lipinski definition) is 4. The lowest BCUT2D eigenvalue weighted by molar-refractivity contribution is 0.0949. The van der Waals surface area contributed by atoms with E-state index in [0.717, 1.165) is 37.1 Å². The highest BCUT2D eigenvalue weighted by molar-refractivity contribution is 6.34. The topological polar surface area (TPSA) is 98.9 Å². The molecule has 1 aliphatic carbocycles. The van der Waals surface area contributed by atoms with E-state index in [1.165, 1.54) is 0 Å². The molecule has 0 bridgehead atoms. The molecule has 130 valence electrons. The monoisotopic (exact) mass is 359 g/mol. The summed E-state index contributed by atoms with van der Waals surface area (Å²) in [6.07, 6.45) is 2.82. The molecule has 0 spiro atoms. The second-order valence-corrected chi connectivity index (χ2v) is 6.76. The molecule has 1 aromatic carbocycles. The molecule has 8 heteroatoms. The second kappa shape index (κ2) is 6.50. The molecule has 0 saturated heterocycles. The van der Waals surface area contributed by atoms with Crippen LogP contribution in [-0.2, 0) is 13.0 Å². The number of halogens is 1. The lowest BCUT2D eigenvalue weighted by atomic mass is 10.1. The van der Waals surface area contributed by atoms with Gasteiger partial charge in [-0.3, -0.25) is 14.7 Å². The number of hydrogen-bond acceptors (Lipinski definition) is 4. The van der Waals surface area contributed by atoms with Crippen LogP contribution in [0.4, 0.5) is 5.69 Å². The summed E-state index contributed by atoms with van der Waals surface area (Å²) >= 11 is 6.13. The van der Waals surface area contributed by atoms with Crippen molar-refractivity contribution < 1.29 is 9.59 Å². The molecule has 0 radical (unpaired) electrons. The maximum Gasteiger partial charge on any atom is 0.276 e. The Morgan fingerprint density at radius 2 is 2.08 bits per heavy atom. The number of aromatic nitrogens is 2. The van der Waals surface area contributed by atoms with Crippen LogP contribution in [0.3, 0.4) is 0 Å². The summed E-state index contributed by atoms with van der Waals surface area (Å²) < 4.78 is 0. The van der Waals surface area contributed by atoms with Crippen molar-refractivity contribution in [2.24, 2.45) is 0 Å². The van der Waals surface area contributed by atoms with E-state index in [1.807, 2.05) is 0 Å². The van der Waals surface area contributed by atoms with Crippen LogP contribution in [-0.4, -0.2) is 34.6 Å². The highest BCUT2D eigenvalue weighted by Crippen LogP contribution is 2.24. The fraction of sp³-hybridized carbons (Fsp3) is 0.353. The molecule has 2 aromatic rings. The highest BCUT2D eigenvalue weighted by Gasteiger charge is 2.25. The number of benzene rings is 1. The molecule has 1 saturated carbocycles. The van der Waals surface area contributed by atoms with Gasteiger partial charge in [0.2, 0.25) is 0 Å². The number of H-pyrrole nitrogens is 1. The van der Waals surface area contributed by atoms with Gasteiger partial charge in [-0.15, -0.1) is 0 Å². The van der Waals surface area contributed by atoms with Gasteiger partial charge >= 0.3 is 0 Å². The number of nitrogens with one attached hydrogen (secondary N) is 4. The zero-order valence-electron chi connectivity index (χ0n) is 13.5. The molecular formula is C17H18ClN5O2. The van der Waals surface area contributed by atoms with Crippen LogP contribution >= 0.6 is 11.6 Å².